The van der Waals surface area contributed by atoms with E-state index in [0.717, 1.165) is 24.3 Å². The number of hydrogen-bond donors (Lipinski definition) is 1. The molecule has 0 bridgehead atoms. The lowest BCUT2D eigenvalue weighted by Gasteiger charge is -2.13. The van der Waals surface area contributed by atoms with Crippen molar-refractivity contribution in [1.29, 1.82) is 0 Å². The van der Waals surface area contributed by atoms with Crippen molar-refractivity contribution in [2.45, 2.75) is 32.1 Å². The van der Waals surface area contributed by atoms with E-state index < -0.39 is 0 Å². The lowest BCUT2D eigenvalue weighted by atomic mass is 9.97. The Labute approximate surface area is 157 Å². The van der Waals surface area contributed by atoms with Gasteiger partial charge in [0.15, 0.2) is 0 Å². The minimum absolute atomic E-state index is 0.333. The van der Waals surface area contributed by atoms with Gasteiger partial charge in [-0.25, -0.2) is 9.37 Å². The van der Waals surface area contributed by atoms with Crippen LogP contribution in [0.5, 0.6) is 0 Å². The highest BCUT2D eigenvalue weighted by atomic mass is 19.1. The quantitative estimate of drug-likeness (QED) is 0.606. The Hall–Kier alpha value is -3.02. The molecule has 0 unspecified atom stereocenters. The Morgan fingerprint density at radius 2 is 2.07 bits per heavy atom. The van der Waals surface area contributed by atoms with Crippen molar-refractivity contribution in [2.24, 2.45) is 0 Å². The van der Waals surface area contributed by atoms with Gasteiger partial charge in [-0.15, -0.1) is 0 Å². The standard InChI is InChI=1S/C21H21FN4O/c22-18-8-4-7-16(13-18)20-25-21(27-26-20)17-9-10-19(24-14-17)23-12-11-15-5-2-1-3-6-15/h4-5,7-10,13-14H,1-3,6,11-12H2,(H,23,24). The number of hydrogen-bond acceptors (Lipinski definition) is 5. The van der Waals surface area contributed by atoms with E-state index in [2.05, 4.69) is 26.5 Å². The van der Waals surface area contributed by atoms with Crippen molar-refractivity contribution >= 4 is 5.82 Å². The summed E-state index contributed by atoms with van der Waals surface area (Å²) in [6, 6.07) is 9.90. The van der Waals surface area contributed by atoms with E-state index in [9.17, 15) is 4.39 Å². The predicted molar refractivity (Wildman–Crippen MR) is 103 cm³/mol. The molecule has 0 saturated carbocycles. The summed E-state index contributed by atoms with van der Waals surface area (Å²) in [5.74, 6) is 1.20. The van der Waals surface area contributed by atoms with E-state index >= 15 is 0 Å². The third-order valence-corrected chi connectivity index (χ3v) is 4.66. The normalized spacial score (nSPS) is 14.0. The van der Waals surface area contributed by atoms with Crippen LogP contribution in [0, 0.1) is 5.82 Å². The molecule has 1 aliphatic rings. The van der Waals surface area contributed by atoms with Crippen molar-refractivity contribution in [3.8, 4) is 22.8 Å². The van der Waals surface area contributed by atoms with Crippen LogP contribution < -0.4 is 5.32 Å². The minimum Gasteiger partial charge on any atom is -0.370 e. The smallest absolute Gasteiger partial charge is 0.259 e. The van der Waals surface area contributed by atoms with Crippen molar-refractivity contribution in [3.63, 3.8) is 0 Å². The van der Waals surface area contributed by atoms with Gasteiger partial charge in [0.25, 0.3) is 5.89 Å². The number of anilines is 1. The molecule has 0 atom stereocenters. The van der Waals surface area contributed by atoms with Crippen molar-refractivity contribution in [2.75, 3.05) is 11.9 Å². The summed E-state index contributed by atoms with van der Waals surface area (Å²) in [4.78, 5) is 8.75. The summed E-state index contributed by atoms with van der Waals surface area (Å²) in [5.41, 5.74) is 2.85. The molecule has 6 heteroatoms. The van der Waals surface area contributed by atoms with E-state index in [1.54, 1.807) is 23.9 Å². The fourth-order valence-electron chi connectivity index (χ4n) is 3.19. The summed E-state index contributed by atoms with van der Waals surface area (Å²) in [6.45, 7) is 0.877. The van der Waals surface area contributed by atoms with Crippen LogP contribution >= 0.6 is 0 Å². The summed E-state index contributed by atoms with van der Waals surface area (Å²) in [7, 11) is 0. The van der Waals surface area contributed by atoms with Gasteiger partial charge in [-0.2, -0.15) is 4.98 Å². The summed E-state index contributed by atoms with van der Waals surface area (Å²) < 4.78 is 18.6. The molecule has 138 valence electrons. The average molecular weight is 364 g/mol. The molecule has 0 radical (unpaired) electrons. The Bertz CT molecular complexity index is 933. The third-order valence-electron chi connectivity index (χ3n) is 4.66. The Morgan fingerprint density at radius 1 is 1.11 bits per heavy atom. The molecular formula is C21H21FN4O. The molecular weight excluding hydrogens is 343 g/mol. The number of nitrogens with one attached hydrogen (secondary N) is 1. The molecule has 4 rings (SSSR count). The van der Waals surface area contributed by atoms with Crippen LogP contribution in [0.2, 0.25) is 0 Å². The monoisotopic (exact) mass is 364 g/mol. The maximum absolute atomic E-state index is 13.3. The zero-order valence-corrected chi connectivity index (χ0v) is 15.0. The Balaban J connectivity index is 1.38. The first kappa shape index (κ1) is 17.4. The maximum Gasteiger partial charge on any atom is 0.259 e. The molecule has 5 nitrogen and oxygen atoms in total. The molecule has 2 aromatic heterocycles. The summed E-state index contributed by atoms with van der Waals surface area (Å²) in [5, 5.41) is 7.27. The lowest BCUT2D eigenvalue weighted by molar-refractivity contribution is 0.432. The van der Waals surface area contributed by atoms with E-state index in [-0.39, 0.29) is 5.82 Å². The number of rotatable bonds is 6. The van der Waals surface area contributed by atoms with E-state index in [1.165, 1.54) is 37.8 Å². The van der Waals surface area contributed by atoms with Gasteiger partial charge in [-0.1, -0.05) is 28.9 Å². The van der Waals surface area contributed by atoms with Crippen LogP contribution in [0.1, 0.15) is 32.1 Å². The molecule has 0 aliphatic heterocycles. The molecule has 1 aromatic carbocycles. The van der Waals surface area contributed by atoms with Gasteiger partial charge in [0.2, 0.25) is 5.82 Å². The van der Waals surface area contributed by atoms with Gasteiger partial charge in [0.05, 0.1) is 5.56 Å². The average Bonchev–Trinajstić information content (AvgIpc) is 3.20. The fraction of sp³-hybridized carbons (Fsp3) is 0.286. The Morgan fingerprint density at radius 3 is 2.85 bits per heavy atom. The Kier molecular flexibility index (Phi) is 5.23. The fourth-order valence-corrected chi connectivity index (χ4v) is 3.19. The second-order valence-electron chi connectivity index (χ2n) is 6.65. The SMILES string of the molecule is Fc1cccc(-c2noc(-c3ccc(NCCC4=CCCCC4)nc3)n2)c1. The minimum atomic E-state index is -0.333. The third kappa shape index (κ3) is 4.39. The van der Waals surface area contributed by atoms with Crippen LogP contribution in [-0.2, 0) is 0 Å². The summed E-state index contributed by atoms with van der Waals surface area (Å²) >= 11 is 0. The first-order valence-corrected chi connectivity index (χ1v) is 9.26. The maximum atomic E-state index is 13.3. The highest BCUT2D eigenvalue weighted by Crippen LogP contribution is 2.23. The first-order valence-electron chi connectivity index (χ1n) is 9.26. The zero-order chi connectivity index (χ0) is 18.5. The van der Waals surface area contributed by atoms with Gasteiger partial charge in [0, 0.05) is 18.3 Å². The van der Waals surface area contributed by atoms with Gasteiger partial charge >= 0.3 is 0 Å². The van der Waals surface area contributed by atoms with E-state index in [4.69, 9.17) is 4.52 Å². The molecule has 0 fully saturated rings. The highest BCUT2D eigenvalue weighted by Gasteiger charge is 2.11. The van der Waals surface area contributed by atoms with Gasteiger partial charge in [-0.05, 0) is 56.4 Å². The second kappa shape index (κ2) is 8.12. The number of allylic oxidation sites excluding steroid dienone is 1. The molecule has 27 heavy (non-hydrogen) atoms. The van der Waals surface area contributed by atoms with Crippen LogP contribution in [0.3, 0.4) is 0 Å². The van der Waals surface area contributed by atoms with Crippen molar-refractivity contribution < 1.29 is 8.91 Å². The first-order chi connectivity index (χ1) is 13.3. The number of nitrogens with zero attached hydrogens (tertiary/aromatic N) is 3. The molecule has 2 heterocycles. The number of halogens is 1. The van der Waals surface area contributed by atoms with Crippen LogP contribution in [0.4, 0.5) is 10.2 Å². The largest absolute Gasteiger partial charge is 0.370 e. The second-order valence-corrected chi connectivity index (χ2v) is 6.65. The van der Waals surface area contributed by atoms with Crippen LogP contribution in [-0.4, -0.2) is 21.7 Å². The van der Waals surface area contributed by atoms with E-state index in [1.807, 2.05) is 12.1 Å². The molecule has 0 amide bonds. The number of benzene rings is 1. The topological polar surface area (TPSA) is 63.8 Å². The highest BCUT2D eigenvalue weighted by molar-refractivity contribution is 5.60. The van der Waals surface area contributed by atoms with Crippen LogP contribution in [0.15, 0.2) is 58.8 Å². The van der Waals surface area contributed by atoms with Gasteiger partial charge in [0.1, 0.15) is 11.6 Å². The predicted octanol–water partition coefficient (Wildman–Crippen LogP) is 5.24. The van der Waals surface area contributed by atoms with Gasteiger partial charge < -0.3 is 9.84 Å². The van der Waals surface area contributed by atoms with Crippen LogP contribution in [0.25, 0.3) is 22.8 Å². The lowest BCUT2D eigenvalue weighted by Crippen LogP contribution is -2.05. The summed E-state index contributed by atoms with van der Waals surface area (Å²) in [6.07, 6.45) is 10.2. The molecule has 1 aliphatic carbocycles. The molecule has 0 saturated heterocycles. The molecule has 1 N–H and O–H groups in total. The van der Waals surface area contributed by atoms with E-state index in [0.29, 0.717) is 17.3 Å². The van der Waals surface area contributed by atoms with Crippen molar-refractivity contribution in [3.05, 3.63) is 60.1 Å². The van der Waals surface area contributed by atoms with Gasteiger partial charge in [-0.3, -0.25) is 0 Å². The van der Waals surface area contributed by atoms with Crippen molar-refractivity contribution in [1.82, 2.24) is 15.1 Å². The molecule has 3 aromatic rings. The number of aromatic nitrogens is 3. The molecule has 0 spiro atoms. The zero-order valence-electron chi connectivity index (χ0n) is 15.0. The number of pyridine rings is 1.